The summed E-state index contributed by atoms with van der Waals surface area (Å²) < 4.78 is 0. The molecule has 1 nitrogen and oxygen atoms in total. The van der Waals surface area contributed by atoms with Gasteiger partial charge in [-0.3, -0.25) is 0 Å². The molecular weight excluding hydrogens is 262 g/mol. The summed E-state index contributed by atoms with van der Waals surface area (Å²) in [6.07, 6.45) is 0.956. The monoisotopic (exact) mass is 285 g/mol. The molecule has 0 aliphatic rings. The number of aryl methyl sites for hydroxylation is 3. The van der Waals surface area contributed by atoms with Crippen molar-refractivity contribution in [2.24, 2.45) is 5.73 Å². The number of benzene rings is 2. The minimum atomic E-state index is 0.194. The summed E-state index contributed by atoms with van der Waals surface area (Å²) in [4.78, 5) is 1.34. The SMILES string of the molecule is Cc1ccccc1SCC(N)Cc1c(C)cccc1C. The minimum absolute atomic E-state index is 0.194. The van der Waals surface area contributed by atoms with Crippen molar-refractivity contribution in [2.45, 2.75) is 38.1 Å². The maximum absolute atomic E-state index is 6.32. The number of rotatable bonds is 5. The lowest BCUT2D eigenvalue weighted by Gasteiger charge is -2.16. The summed E-state index contributed by atoms with van der Waals surface area (Å²) in [6.45, 7) is 6.49. The molecule has 2 aromatic rings. The molecule has 2 heteroatoms. The summed E-state index contributed by atoms with van der Waals surface area (Å²) >= 11 is 1.86. The third kappa shape index (κ3) is 3.87. The highest BCUT2D eigenvalue weighted by Gasteiger charge is 2.09. The number of hydrogen-bond donors (Lipinski definition) is 1. The van der Waals surface area contributed by atoms with E-state index in [1.807, 2.05) is 11.8 Å². The van der Waals surface area contributed by atoms with Gasteiger partial charge in [-0.2, -0.15) is 0 Å². The normalized spacial score (nSPS) is 12.4. The zero-order valence-corrected chi connectivity index (χ0v) is 13.3. The van der Waals surface area contributed by atoms with Gasteiger partial charge in [0.15, 0.2) is 0 Å². The molecule has 0 saturated carbocycles. The average molecular weight is 285 g/mol. The zero-order valence-electron chi connectivity index (χ0n) is 12.5. The Morgan fingerprint density at radius 1 is 0.900 bits per heavy atom. The summed E-state index contributed by atoms with van der Waals surface area (Å²) in [5.41, 5.74) is 11.8. The van der Waals surface area contributed by atoms with Crippen LogP contribution in [0.1, 0.15) is 22.3 Å². The van der Waals surface area contributed by atoms with Crippen molar-refractivity contribution >= 4 is 11.8 Å². The first-order valence-electron chi connectivity index (χ1n) is 7.07. The number of thioether (sulfide) groups is 1. The van der Waals surface area contributed by atoms with Crippen LogP contribution >= 0.6 is 11.8 Å². The first-order chi connectivity index (χ1) is 9.58. The van der Waals surface area contributed by atoms with Gasteiger partial charge in [-0.25, -0.2) is 0 Å². The number of hydrogen-bond acceptors (Lipinski definition) is 2. The molecular formula is C18H23NS. The smallest absolute Gasteiger partial charge is 0.0174 e. The molecule has 0 saturated heterocycles. The predicted molar refractivity (Wildman–Crippen MR) is 89.5 cm³/mol. The van der Waals surface area contributed by atoms with Gasteiger partial charge in [0.1, 0.15) is 0 Å². The van der Waals surface area contributed by atoms with Crippen LogP contribution < -0.4 is 5.73 Å². The van der Waals surface area contributed by atoms with Gasteiger partial charge in [0.2, 0.25) is 0 Å². The van der Waals surface area contributed by atoms with Crippen molar-refractivity contribution in [2.75, 3.05) is 5.75 Å². The Labute approximate surface area is 126 Å². The molecule has 0 aliphatic heterocycles. The van der Waals surface area contributed by atoms with Gasteiger partial charge >= 0.3 is 0 Å². The Morgan fingerprint density at radius 2 is 1.50 bits per heavy atom. The van der Waals surface area contributed by atoms with Crippen LogP contribution in [0.2, 0.25) is 0 Å². The Morgan fingerprint density at radius 3 is 2.15 bits per heavy atom. The lowest BCUT2D eigenvalue weighted by atomic mass is 9.97. The van der Waals surface area contributed by atoms with E-state index in [0.717, 1.165) is 12.2 Å². The topological polar surface area (TPSA) is 26.0 Å². The van der Waals surface area contributed by atoms with Crippen molar-refractivity contribution in [1.82, 2.24) is 0 Å². The first kappa shape index (κ1) is 15.1. The molecule has 2 N–H and O–H groups in total. The van der Waals surface area contributed by atoms with Gasteiger partial charge in [0.25, 0.3) is 0 Å². The van der Waals surface area contributed by atoms with Crippen LogP contribution in [0, 0.1) is 20.8 Å². The molecule has 0 aromatic heterocycles. The molecule has 0 heterocycles. The van der Waals surface area contributed by atoms with Gasteiger partial charge in [0, 0.05) is 16.7 Å². The van der Waals surface area contributed by atoms with E-state index in [1.165, 1.54) is 27.1 Å². The van der Waals surface area contributed by atoms with Crippen LogP contribution in [-0.2, 0) is 6.42 Å². The first-order valence-corrected chi connectivity index (χ1v) is 8.05. The third-order valence-corrected chi connectivity index (χ3v) is 5.02. The van der Waals surface area contributed by atoms with E-state index in [4.69, 9.17) is 5.73 Å². The Balaban J connectivity index is 1.96. The van der Waals surface area contributed by atoms with Crippen molar-refractivity contribution in [3.63, 3.8) is 0 Å². The molecule has 0 bridgehead atoms. The largest absolute Gasteiger partial charge is 0.327 e. The lowest BCUT2D eigenvalue weighted by molar-refractivity contribution is 0.741. The highest BCUT2D eigenvalue weighted by Crippen LogP contribution is 2.23. The number of nitrogens with two attached hydrogens (primary N) is 1. The van der Waals surface area contributed by atoms with E-state index < -0.39 is 0 Å². The zero-order chi connectivity index (χ0) is 14.5. The van der Waals surface area contributed by atoms with Crippen molar-refractivity contribution in [1.29, 1.82) is 0 Å². The maximum Gasteiger partial charge on any atom is 0.0174 e. The summed E-state index contributed by atoms with van der Waals surface area (Å²) in [7, 11) is 0. The molecule has 0 amide bonds. The van der Waals surface area contributed by atoms with Gasteiger partial charge in [-0.1, -0.05) is 36.4 Å². The van der Waals surface area contributed by atoms with Crippen LogP contribution in [0.5, 0.6) is 0 Å². The van der Waals surface area contributed by atoms with E-state index in [1.54, 1.807) is 0 Å². The van der Waals surface area contributed by atoms with Crippen molar-refractivity contribution in [3.05, 3.63) is 64.7 Å². The van der Waals surface area contributed by atoms with E-state index >= 15 is 0 Å². The fourth-order valence-electron chi connectivity index (χ4n) is 2.41. The molecule has 0 fully saturated rings. The van der Waals surface area contributed by atoms with Crippen LogP contribution in [0.4, 0.5) is 0 Å². The second kappa shape index (κ2) is 6.96. The Bertz CT molecular complexity index is 557. The van der Waals surface area contributed by atoms with Crippen LogP contribution in [0.3, 0.4) is 0 Å². The molecule has 2 aromatic carbocycles. The van der Waals surface area contributed by atoms with Crippen LogP contribution in [0.25, 0.3) is 0 Å². The molecule has 0 radical (unpaired) electrons. The van der Waals surface area contributed by atoms with E-state index in [0.29, 0.717) is 0 Å². The van der Waals surface area contributed by atoms with Crippen molar-refractivity contribution in [3.8, 4) is 0 Å². The molecule has 0 spiro atoms. The standard InChI is InChI=1S/C18H23NS/c1-13-8-6-9-14(2)17(13)11-16(19)12-20-18-10-5-4-7-15(18)3/h4-10,16H,11-12,19H2,1-3H3. The fourth-order valence-corrected chi connectivity index (χ4v) is 3.39. The van der Waals surface area contributed by atoms with Crippen LogP contribution in [-0.4, -0.2) is 11.8 Å². The fraction of sp³-hybridized carbons (Fsp3) is 0.333. The molecule has 106 valence electrons. The van der Waals surface area contributed by atoms with Gasteiger partial charge in [-0.15, -0.1) is 11.8 Å². The van der Waals surface area contributed by atoms with E-state index in [2.05, 4.69) is 63.2 Å². The van der Waals surface area contributed by atoms with Gasteiger partial charge in [0.05, 0.1) is 0 Å². The highest BCUT2D eigenvalue weighted by molar-refractivity contribution is 7.99. The summed E-state index contributed by atoms with van der Waals surface area (Å²) in [5.74, 6) is 0.957. The second-order valence-electron chi connectivity index (χ2n) is 5.41. The summed E-state index contributed by atoms with van der Waals surface area (Å²) in [6, 6.07) is 15.1. The molecule has 0 aliphatic carbocycles. The molecule has 1 unspecified atom stereocenters. The average Bonchev–Trinajstić information content (AvgIpc) is 2.42. The molecule has 20 heavy (non-hydrogen) atoms. The summed E-state index contributed by atoms with van der Waals surface area (Å²) in [5, 5.41) is 0. The predicted octanol–water partition coefficient (Wildman–Crippen LogP) is 4.27. The molecule has 1 atom stereocenters. The Kier molecular flexibility index (Phi) is 5.27. The highest BCUT2D eigenvalue weighted by atomic mass is 32.2. The van der Waals surface area contributed by atoms with Crippen LogP contribution in [0.15, 0.2) is 47.4 Å². The minimum Gasteiger partial charge on any atom is -0.327 e. The van der Waals surface area contributed by atoms with E-state index in [9.17, 15) is 0 Å². The third-order valence-electron chi connectivity index (χ3n) is 3.66. The van der Waals surface area contributed by atoms with E-state index in [-0.39, 0.29) is 6.04 Å². The maximum atomic E-state index is 6.32. The van der Waals surface area contributed by atoms with Crippen molar-refractivity contribution < 1.29 is 0 Å². The lowest BCUT2D eigenvalue weighted by Crippen LogP contribution is -2.26. The quantitative estimate of drug-likeness (QED) is 0.830. The molecule has 2 rings (SSSR count). The Hall–Kier alpha value is -1.25. The second-order valence-corrected chi connectivity index (χ2v) is 6.47. The van der Waals surface area contributed by atoms with Gasteiger partial charge < -0.3 is 5.73 Å². The van der Waals surface area contributed by atoms with Gasteiger partial charge in [-0.05, 0) is 55.5 Å².